The lowest BCUT2D eigenvalue weighted by atomic mass is 10.2. The second kappa shape index (κ2) is 34.7. The van der Waals surface area contributed by atoms with Gasteiger partial charge < -0.3 is 62.9 Å². The molecule has 0 rings (SSSR count). The van der Waals surface area contributed by atoms with Crippen LogP contribution in [0.1, 0.15) is 12.8 Å². The SMILES string of the molecule is NCCOCCOCCOCCOCCOCCOCCOCCOCCOCCOCCOC(=O)CCC(=O)C(=O)O. The Labute approximate surface area is 253 Å². The molecule has 254 valence electrons. The number of ether oxygens (including phenoxy) is 11. The Kier molecular flexibility index (Phi) is 33.2. The molecule has 0 saturated carbocycles. The molecule has 0 spiro atoms. The standard InChI is InChI=1S/C27H51NO15/c28-3-4-33-5-6-34-7-8-35-9-10-36-11-12-37-13-14-38-15-16-39-17-18-40-19-20-41-21-22-42-23-24-43-26(30)2-1-25(29)27(31)32/h1-24,28H2,(H,31,32). The largest absolute Gasteiger partial charge is 0.476 e. The Bertz CT molecular complexity index is 642. The maximum Gasteiger partial charge on any atom is 0.372 e. The van der Waals surface area contributed by atoms with E-state index >= 15 is 0 Å². The smallest absolute Gasteiger partial charge is 0.372 e. The molecule has 0 heterocycles. The minimum Gasteiger partial charge on any atom is -0.476 e. The molecule has 0 radical (unpaired) electrons. The van der Waals surface area contributed by atoms with Crippen LogP contribution in [0.15, 0.2) is 0 Å². The summed E-state index contributed by atoms with van der Waals surface area (Å²) in [6.07, 6.45) is -0.659. The Morgan fingerprint density at radius 3 is 0.907 bits per heavy atom. The van der Waals surface area contributed by atoms with Gasteiger partial charge in [-0.1, -0.05) is 0 Å². The van der Waals surface area contributed by atoms with Gasteiger partial charge in [-0.25, -0.2) is 4.79 Å². The van der Waals surface area contributed by atoms with Crippen molar-refractivity contribution in [3.8, 4) is 0 Å². The van der Waals surface area contributed by atoms with E-state index in [9.17, 15) is 14.4 Å². The number of esters is 1. The normalized spacial score (nSPS) is 11.2. The van der Waals surface area contributed by atoms with E-state index < -0.39 is 17.7 Å². The monoisotopic (exact) mass is 629 g/mol. The van der Waals surface area contributed by atoms with Crippen molar-refractivity contribution in [3.05, 3.63) is 0 Å². The summed E-state index contributed by atoms with van der Waals surface area (Å²) in [6, 6.07) is 0. The van der Waals surface area contributed by atoms with E-state index in [1.807, 2.05) is 0 Å². The number of carboxylic acids is 1. The highest BCUT2D eigenvalue weighted by atomic mass is 16.6. The number of carbonyl (C=O) groups excluding carboxylic acids is 2. The van der Waals surface area contributed by atoms with Gasteiger partial charge in [-0.15, -0.1) is 0 Å². The number of aliphatic carboxylic acids is 1. The Morgan fingerprint density at radius 1 is 0.395 bits per heavy atom. The Balaban J connectivity index is 3.12. The molecule has 0 unspecified atom stereocenters. The van der Waals surface area contributed by atoms with Crippen LogP contribution < -0.4 is 5.73 Å². The molecule has 3 N–H and O–H groups in total. The first kappa shape index (κ1) is 41.2. The Morgan fingerprint density at radius 2 is 0.651 bits per heavy atom. The van der Waals surface area contributed by atoms with Crippen LogP contribution in [0.5, 0.6) is 0 Å². The number of Topliss-reactive ketones (excluding diaryl/α,β-unsaturated/α-hetero) is 1. The van der Waals surface area contributed by atoms with Gasteiger partial charge in [-0.3, -0.25) is 9.59 Å². The highest BCUT2D eigenvalue weighted by molar-refractivity contribution is 6.32. The molecule has 0 fully saturated rings. The average Bonchev–Trinajstić information content (AvgIpc) is 3.00. The lowest BCUT2D eigenvalue weighted by Crippen LogP contribution is -2.17. The van der Waals surface area contributed by atoms with Crippen LogP contribution in [-0.2, 0) is 66.5 Å². The van der Waals surface area contributed by atoms with Gasteiger partial charge in [0.05, 0.1) is 139 Å². The van der Waals surface area contributed by atoms with Crippen LogP contribution in [0.25, 0.3) is 0 Å². The van der Waals surface area contributed by atoms with Gasteiger partial charge in [0.15, 0.2) is 0 Å². The third-order valence-corrected chi connectivity index (χ3v) is 4.90. The molecule has 0 atom stereocenters. The Hall–Kier alpha value is -1.83. The molecule has 0 aliphatic heterocycles. The lowest BCUT2D eigenvalue weighted by Gasteiger charge is -2.09. The summed E-state index contributed by atoms with van der Waals surface area (Å²) in [5.41, 5.74) is 5.32. The van der Waals surface area contributed by atoms with E-state index in [0.29, 0.717) is 132 Å². The second-order valence-corrected chi connectivity index (χ2v) is 8.36. The van der Waals surface area contributed by atoms with Crippen molar-refractivity contribution >= 4 is 17.7 Å². The molecule has 0 saturated heterocycles. The molecular formula is C27H51NO15. The van der Waals surface area contributed by atoms with E-state index in [1.54, 1.807) is 0 Å². The van der Waals surface area contributed by atoms with Crippen LogP contribution >= 0.6 is 0 Å². The molecular weight excluding hydrogens is 578 g/mol. The summed E-state index contributed by atoms with van der Waals surface area (Å²) >= 11 is 0. The van der Waals surface area contributed by atoms with Crippen LogP contribution in [0.3, 0.4) is 0 Å². The number of nitrogens with two attached hydrogens (primary N) is 1. The van der Waals surface area contributed by atoms with Crippen LogP contribution in [0, 0.1) is 0 Å². The van der Waals surface area contributed by atoms with Crippen molar-refractivity contribution in [1.29, 1.82) is 0 Å². The zero-order valence-electron chi connectivity index (χ0n) is 25.2. The molecule has 16 heteroatoms. The fraction of sp³-hybridized carbons (Fsp3) is 0.889. The average molecular weight is 630 g/mol. The van der Waals surface area contributed by atoms with Gasteiger partial charge in [0.2, 0.25) is 5.78 Å². The predicted molar refractivity (Wildman–Crippen MR) is 150 cm³/mol. The summed E-state index contributed by atoms with van der Waals surface area (Å²) in [5, 5.41) is 8.43. The number of carbonyl (C=O) groups is 3. The molecule has 0 aliphatic carbocycles. The van der Waals surface area contributed by atoms with E-state index in [4.69, 9.17) is 62.9 Å². The summed E-state index contributed by atoms with van der Waals surface area (Å²) in [5.74, 6) is -3.24. The zero-order valence-corrected chi connectivity index (χ0v) is 25.2. The van der Waals surface area contributed by atoms with Gasteiger partial charge in [0, 0.05) is 13.0 Å². The maximum atomic E-state index is 11.3. The molecule has 0 amide bonds. The summed E-state index contributed by atoms with van der Waals surface area (Å²) in [7, 11) is 0. The highest BCUT2D eigenvalue weighted by Crippen LogP contribution is 1.95. The molecule has 0 aromatic heterocycles. The number of hydrogen-bond donors (Lipinski definition) is 2. The van der Waals surface area contributed by atoms with Crippen molar-refractivity contribution in [3.63, 3.8) is 0 Å². The first-order valence-corrected chi connectivity index (χ1v) is 14.5. The maximum absolute atomic E-state index is 11.3. The highest BCUT2D eigenvalue weighted by Gasteiger charge is 2.14. The molecule has 0 aromatic carbocycles. The van der Waals surface area contributed by atoms with E-state index in [0.717, 1.165) is 0 Å². The van der Waals surface area contributed by atoms with Gasteiger partial charge in [0.25, 0.3) is 0 Å². The topological polar surface area (TPSA) is 199 Å². The van der Waals surface area contributed by atoms with Gasteiger partial charge in [-0.2, -0.15) is 0 Å². The molecule has 16 nitrogen and oxygen atoms in total. The van der Waals surface area contributed by atoms with Gasteiger partial charge in [0.1, 0.15) is 6.61 Å². The first-order chi connectivity index (χ1) is 21.1. The number of hydrogen-bond acceptors (Lipinski definition) is 15. The van der Waals surface area contributed by atoms with Crippen molar-refractivity contribution in [1.82, 2.24) is 0 Å². The molecule has 0 aromatic rings. The van der Waals surface area contributed by atoms with E-state index in [1.165, 1.54) is 0 Å². The third kappa shape index (κ3) is 34.5. The first-order valence-electron chi connectivity index (χ1n) is 14.5. The van der Waals surface area contributed by atoms with Crippen molar-refractivity contribution < 1.29 is 71.6 Å². The summed E-state index contributed by atoms with van der Waals surface area (Å²) in [6.45, 7) is 9.58. The lowest BCUT2D eigenvalue weighted by molar-refractivity contribution is -0.151. The van der Waals surface area contributed by atoms with E-state index in [2.05, 4.69) is 0 Å². The quantitative estimate of drug-likeness (QED) is 0.0490. The third-order valence-electron chi connectivity index (χ3n) is 4.90. The minimum atomic E-state index is -1.56. The van der Waals surface area contributed by atoms with Crippen LogP contribution in [0.2, 0.25) is 0 Å². The zero-order chi connectivity index (χ0) is 31.5. The predicted octanol–water partition coefficient (Wildman–Crippen LogP) is -0.912. The van der Waals surface area contributed by atoms with Gasteiger partial charge in [-0.05, 0) is 0 Å². The fourth-order valence-electron chi connectivity index (χ4n) is 2.77. The summed E-state index contributed by atoms with van der Waals surface area (Å²) in [4.78, 5) is 32.6. The van der Waals surface area contributed by atoms with Crippen LogP contribution in [0.4, 0.5) is 0 Å². The van der Waals surface area contributed by atoms with Gasteiger partial charge >= 0.3 is 11.9 Å². The summed E-state index contributed by atoms with van der Waals surface area (Å²) < 4.78 is 58.5. The second-order valence-electron chi connectivity index (χ2n) is 8.36. The fourth-order valence-corrected chi connectivity index (χ4v) is 2.77. The number of ketones is 1. The molecule has 0 bridgehead atoms. The van der Waals surface area contributed by atoms with Crippen molar-refractivity contribution in [2.45, 2.75) is 12.8 Å². The van der Waals surface area contributed by atoms with E-state index in [-0.39, 0.29) is 26.1 Å². The number of carboxylic acid groups (broad SMARTS) is 1. The van der Waals surface area contributed by atoms with Crippen LogP contribution in [-0.4, -0.2) is 168 Å². The molecule has 43 heavy (non-hydrogen) atoms. The minimum absolute atomic E-state index is 0.0145. The molecule has 0 aliphatic rings. The van der Waals surface area contributed by atoms with Crippen molar-refractivity contribution in [2.24, 2.45) is 5.73 Å². The van der Waals surface area contributed by atoms with Crippen molar-refractivity contribution in [2.75, 3.05) is 145 Å². The number of rotatable bonds is 36.